The Balaban J connectivity index is 1.27. The highest BCUT2D eigenvalue weighted by Crippen LogP contribution is 2.35. The smallest absolute Gasteiger partial charge is 0.416 e. The lowest BCUT2D eigenvalue weighted by atomic mass is 9.98. The van der Waals surface area contributed by atoms with Crippen LogP contribution in [0.15, 0.2) is 103 Å². The molecule has 4 aromatic carbocycles. The van der Waals surface area contributed by atoms with Gasteiger partial charge in [-0.15, -0.1) is 0 Å². The number of alkyl halides is 3. The third kappa shape index (κ3) is 7.40. The van der Waals surface area contributed by atoms with E-state index >= 15 is 0 Å². The minimum Gasteiger partial charge on any atom is -0.480 e. The van der Waals surface area contributed by atoms with Crippen molar-refractivity contribution in [2.24, 2.45) is 5.92 Å². The van der Waals surface area contributed by atoms with E-state index in [1.54, 1.807) is 24.3 Å². The monoisotopic (exact) mass is 640 g/mol. The molecule has 0 aromatic heterocycles. The van der Waals surface area contributed by atoms with Gasteiger partial charge in [0, 0.05) is 37.0 Å². The fraction of sp³-hybridized carbons (Fsp3) is 0.289. The van der Waals surface area contributed by atoms with Gasteiger partial charge in [0.15, 0.2) is 0 Å². The van der Waals surface area contributed by atoms with Crippen molar-refractivity contribution in [1.29, 1.82) is 0 Å². The summed E-state index contributed by atoms with van der Waals surface area (Å²) in [6.07, 6.45) is -1.21. The largest absolute Gasteiger partial charge is 0.480 e. The van der Waals surface area contributed by atoms with Gasteiger partial charge in [0.05, 0.1) is 5.56 Å². The average molecular weight is 641 g/mol. The molecule has 6 nitrogen and oxygen atoms in total. The van der Waals surface area contributed by atoms with E-state index in [1.807, 2.05) is 59.5 Å². The van der Waals surface area contributed by atoms with Crippen LogP contribution in [0, 0.1) is 5.92 Å². The van der Waals surface area contributed by atoms with Gasteiger partial charge in [-0.25, -0.2) is 4.79 Å². The molecule has 0 bridgehead atoms. The van der Waals surface area contributed by atoms with Crippen LogP contribution in [0.5, 0.6) is 0 Å². The Hall–Kier alpha value is -4.92. The number of carbonyl (C=O) groups is 3. The summed E-state index contributed by atoms with van der Waals surface area (Å²) in [6, 6.07) is 27.1. The number of likely N-dealkylation sites (tertiary alicyclic amines) is 1. The molecule has 1 heterocycles. The van der Waals surface area contributed by atoms with Gasteiger partial charge in [0.1, 0.15) is 6.04 Å². The fourth-order valence-electron chi connectivity index (χ4n) is 6.30. The summed E-state index contributed by atoms with van der Waals surface area (Å²) in [5.41, 5.74) is 3.45. The van der Waals surface area contributed by atoms with Gasteiger partial charge < -0.3 is 14.9 Å². The van der Waals surface area contributed by atoms with Crippen molar-refractivity contribution in [1.82, 2.24) is 9.80 Å². The summed E-state index contributed by atoms with van der Waals surface area (Å²) in [5, 5.41) is 10.5. The van der Waals surface area contributed by atoms with Crippen LogP contribution in [0.2, 0.25) is 0 Å². The summed E-state index contributed by atoms with van der Waals surface area (Å²) in [4.78, 5) is 43.3. The first-order valence-corrected chi connectivity index (χ1v) is 15.8. The number of carboxylic acids is 1. The topological polar surface area (TPSA) is 77.9 Å². The zero-order chi connectivity index (χ0) is 33.1. The Morgan fingerprint density at radius 3 is 1.87 bits per heavy atom. The molecule has 1 saturated carbocycles. The molecule has 1 saturated heterocycles. The molecule has 1 aliphatic heterocycles. The molecular formula is C38H35F3N2O4. The fourth-order valence-corrected chi connectivity index (χ4v) is 6.30. The Kier molecular flexibility index (Phi) is 9.16. The molecule has 0 radical (unpaired) electrons. The van der Waals surface area contributed by atoms with E-state index in [-0.39, 0.29) is 36.4 Å². The SMILES string of the molecule is O=C(O)C(Cc1ccc(-c2ccccc2)cc1)N(CC1CCCN1C(=O)C1CC1)C(=O)c1ccc(-c2ccc(C(F)(F)F)cc2)cc1. The number of benzene rings is 4. The van der Waals surface area contributed by atoms with Crippen LogP contribution < -0.4 is 0 Å². The maximum Gasteiger partial charge on any atom is 0.416 e. The standard InChI is InChI=1S/C38H35F3N2O4/c39-38(40,41)32-20-18-29(19-21-32)28-12-14-31(15-13-28)36(45)43(24-33-7-4-22-42(33)35(44)30-16-17-30)34(37(46)47)23-25-8-10-27(11-9-25)26-5-2-1-3-6-26/h1-3,5-6,8-15,18-21,30,33-34H,4,7,16-17,22-24H2,(H,46,47). The van der Waals surface area contributed by atoms with Crippen LogP contribution in [-0.2, 0) is 22.2 Å². The lowest BCUT2D eigenvalue weighted by Crippen LogP contribution is -2.52. The first kappa shape index (κ1) is 32.0. The van der Waals surface area contributed by atoms with Gasteiger partial charge >= 0.3 is 12.1 Å². The first-order chi connectivity index (χ1) is 22.6. The van der Waals surface area contributed by atoms with E-state index < -0.39 is 29.7 Å². The van der Waals surface area contributed by atoms with Crippen molar-refractivity contribution >= 4 is 17.8 Å². The lowest BCUT2D eigenvalue weighted by molar-refractivity contribution is -0.142. The van der Waals surface area contributed by atoms with E-state index in [0.29, 0.717) is 24.1 Å². The van der Waals surface area contributed by atoms with E-state index in [9.17, 15) is 32.7 Å². The number of hydrogen-bond acceptors (Lipinski definition) is 3. The third-order valence-electron chi connectivity index (χ3n) is 9.08. The van der Waals surface area contributed by atoms with Crippen molar-refractivity contribution in [2.45, 2.75) is 50.4 Å². The molecule has 1 aliphatic carbocycles. The molecule has 2 aliphatic rings. The van der Waals surface area contributed by atoms with Crippen LogP contribution in [0.3, 0.4) is 0 Å². The highest BCUT2D eigenvalue weighted by Gasteiger charge is 2.41. The van der Waals surface area contributed by atoms with Crippen molar-refractivity contribution < 1.29 is 32.7 Å². The first-order valence-electron chi connectivity index (χ1n) is 15.8. The number of amides is 2. The number of carbonyl (C=O) groups excluding carboxylic acids is 2. The van der Waals surface area contributed by atoms with Gasteiger partial charge in [0.25, 0.3) is 5.91 Å². The third-order valence-corrected chi connectivity index (χ3v) is 9.08. The Bertz CT molecular complexity index is 1720. The highest BCUT2D eigenvalue weighted by molar-refractivity contribution is 5.97. The number of hydrogen-bond donors (Lipinski definition) is 1. The minimum atomic E-state index is -4.44. The normalized spacial score (nSPS) is 16.9. The Labute approximate surface area is 271 Å². The van der Waals surface area contributed by atoms with E-state index in [4.69, 9.17) is 0 Å². The molecule has 6 rings (SSSR count). The minimum absolute atomic E-state index is 0.0101. The van der Waals surface area contributed by atoms with Gasteiger partial charge in [-0.05, 0) is 77.8 Å². The van der Waals surface area contributed by atoms with E-state index in [0.717, 1.165) is 48.1 Å². The van der Waals surface area contributed by atoms with Crippen LogP contribution in [0.1, 0.15) is 47.2 Å². The van der Waals surface area contributed by atoms with E-state index in [1.165, 1.54) is 17.0 Å². The average Bonchev–Trinajstić information content (AvgIpc) is 3.84. The number of halogens is 3. The molecule has 2 unspecified atom stereocenters. The summed E-state index contributed by atoms with van der Waals surface area (Å²) >= 11 is 0. The van der Waals surface area contributed by atoms with Gasteiger partial charge in [-0.3, -0.25) is 9.59 Å². The predicted octanol–water partition coefficient (Wildman–Crippen LogP) is 7.58. The number of carboxylic acid groups (broad SMARTS) is 1. The van der Waals surface area contributed by atoms with Crippen molar-refractivity contribution in [3.63, 3.8) is 0 Å². The molecule has 4 aromatic rings. The molecule has 242 valence electrons. The maximum absolute atomic E-state index is 14.2. The van der Waals surface area contributed by atoms with Crippen LogP contribution in [0.4, 0.5) is 13.2 Å². The zero-order valence-corrected chi connectivity index (χ0v) is 25.7. The van der Waals surface area contributed by atoms with Crippen molar-refractivity contribution in [3.05, 3.63) is 120 Å². The highest BCUT2D eigenvalue weighted by atomic mass is 19.4. The van der Waals surface area contributed by atoms with Crippen LogP contribution in [0.25, 0.3) is 22.3 Å². The second kappa shape index (κ2) is 13.4. The number of rotatable bonds is 10. The maximum atomic E-state index is 14.2. The van der Waals surface area contributed by atoms with Gasteiger partial charge in [-0.1, -0.05) is 78.9 Å². The quantitative estimate of drug-likeness (QED) is 0.194. The van der Waals surface area contributed by atoms with Gasteiger partial charge in [-0.2, -0.15) is 13.2 Å². The van der Waals surface area contributed by atoms with Crippen LogP contribution in [-0.4, -0.2) is 57.9 Å². The second-order valence-corrected chi connectivity index (χ2v) is 12.3. The van der Waals surface area contributed by atoms with Gasteiger partial charge in [0.2, 0.25) is 5.91 Å². The lowest BCUT2D eigenvalue weighted by Gasteiger charge is -2.35. The Morgan fingerprint density at radius 2 is 1.32 bits per heavy atom. The molecule has 2 atom stereocenters. The number of aliphatic carboxylic acids is 1. The Morgan fingerprint density at radius 1 is 0.766 bits per heavy atom. The molecule has 2 amide bonds. The molecular weight excluding hydrogens is 605 g/mol. The zero-order valence-electron chi connectivity index (χ0n) is 25.7. The molecule has 2 fully saturated rings. The summed E-state index contributed by atoms with van der Waals surface area (Å²) in [7, 11) is 0. The van der Waals surface area contributed by atoms with Crippen LogP contribution >= 0.6 is 0 Å². The summed E-state index contributed by atoms with van der Waals surface area (Å²) in [6.45, 7) is 0.666. The molecule has 1 N–H and O–H groups in total. The van der Waals surface area contributed by atoms with Crippen molar-refractivity contribution in [3.8, 4) is 22.3 Å². The predicted molar refractivity (Wildman–Crippen MR) is 172 cm³/mol. The summed E-state index contributed by atoms with van der Waals surface area (Å²) in [5.74, 6) is -1.55. The molecule has 9 heteroatoms. The molecule has 47 heavy (non-hydrogen) atoms. The van der Waals surface area contributed by atoms with E-state index in [2.05, 4.69) is 0 Å². The summed E-state index contributed by atoms with van der Waals surface area (Å²) < 4.78 is 39.1. The van der Waals surface area contributed by atoms with Crippen molar-refractivity contribution in [2.75, 3.05) is 13.1 Å². The molecule has 0 spiro atoms. The second-order valence-electron chi connectivity index (χ2n) is 12.3. The number of nitrogens with zero attached hydrogens (tertiary/aromatic N) is 2.